The molecule has 1 aliphatic rings. The molecule has 3 rings (SSSR count). The van der Waals surface area contributed by atoms with E-state index in [1.807, 2.05) is 24.3 Å². The number of rotatable bonds is 2. The van der Waals surface area contributed by atoms with Crippen molar-refractivity contribution in [2.45, 2.75) is 19.4 Å². The van der Waals surface area contributed by atoms with Crippen molar-refractivity contribution in [2.75, 3.05) is 5.73 Å². The van der Waals surface area contributed by atoms with Crippen LogP contribution in [0.1, 0.15) is 12.8 Å². The third-order valence-corrected chi connectivity index (χ3v) is 3.17. The summed E-state index contributed by atoms with van der Waals surface area (Å²) in [6, 6.07) is 7.67. The predicted octanol–water partition coefficient (Wildman–Crippen LogP) is 1.99. The minimum Gasteiger partial charge on any atom is -0.394 e. The highest BCUT2D eigenvalue weighted by molar-refractivity contribution is 5.81. The zero-order valence-electron chi connectivity index (χ0n) is 9.02. The van der Waals surface area contributed by atoms with Gasteiger partial charge in [0.1, 0.15) is 0 Å². The van der Waals surface area contributed by atoms with Crippen molar-refractivity contribution in [1.29, 1.82) is 0 Å². The molecule has 0 amide bonds. The van der Waals surface area contributed by atoms with Gasteiger partial charge >= 0.3 is 0 Å². The zero-order valence-corrected chi connectivity index (χ0v) is 9.02. The molecule has 1 aromatic heterocycles. The normalized spacial score (nSPS) is 15.5. The Bertz CT molecular complexity index is 596. The quantitative estimate of drug-likeness (QED) is 0.831. The van der Waals surface area contributed by atoms with E-state index in [4.69, 9.17) is 5.73 Å². The molecule has 3 nitrogen and oxygen atoms in total. The molecule has 1 aromatic carbocycles. The lowest BCUT2D eigenvalue weighted by molar-refractivity contribution is 0.643. The summed E-state index contributed by atoms with van der Waals surface area (Å²) in [6.45, 7) is 0.977. The van der Waals surface area contributed by atoms with E-state index in [1.54, 1.807) is 6.20 Å². The summed E-state index contributed by atoms with van der Waals surface area (Å²) < 4.78 is 2.11. The smallest absolute Gasteiger partial charge is 0.212 e. The van der Waals surface area contributed by atoms with E-state index in [0.717, 1.165) is 23.4 Å². The Hall–Kier alpha value is -1.77. The summed E-state index contributed by atoms with van der Waals surface area (Å²) in [5.41, 5.74) is 7.04. The molecular weight excluding hydrogens is 200 g/mol. The molecule has 0 unspecified atom stereocenters. The van der Waals surface area contributed by atoms with Crippen molar-refractivity contribution < 1.29 is 0 Å². The van der Waals surface area contributed by atoms with Crippen molar-refractivity contribution in [3.05, 3.63) is 40.7 Å². The van der Waals surface area contributed by atoms with Gasteiger partial charge in [-0.2, -0.15) is 0 Å². The highest BCUT2D eigenvalue weighted by Crippen LogP contribution is 2.31. The van der Waals surface area contributed by atoms with Gasteiger partial charge in [-0.25, -0.2) is 0 Å². The van der Waals surface area contributed by atoms with Crippen LogP contribution in [0.5, 0.6) is 0 Å². The van der Waals surface area contributed by atoms with Crippen molar-refractivity contribution in [2.24, 2.45) is 5.92 Å². The Balaban J connectivity index is 2.26. The molecule has 1 saturated carbocycles. The molecule has 0 radical (unpaired) electrons. The van der Waals surface area contributed by atoms with Crippen LogP contribution in [0, 0.1) is 5.92 Å². The van der Waals surface area contributed by atoms with Gasteiger partial charge in [0.05, 0.1) is 11.2 Å². The molecule has 3 heteroatoms. The molecule has 0 spiro atoms. The number of nitrogens with zero attached hydrogens (tertiary/aromatic N) is 1. The van der Waals surface area contributed by atoms with Crippen LogP contribution in [-0.2, 0) is 6.54 Å². The first-order valence-electron chi connectivity index (χ1n) is 5.63. The first kappa shape index (κ1) is 9.46. The highest BCUT2D eigenvalue weighted by atomic mass is 16.1. The van der Waals surface area contributed by atoms with E-state index in [-0.39, 0.29) is 5.43 Å². The summed E-state index contributed by atoms with van der Waals surface area (Å²) in [4.78, 5) is 11.8. The first-order valence-corrected chi connectivity index (χ1v) is 5.63. The molecule has 1 heterocycles. The predicted molar refractivity (Wildman–Crippen MR) is 65.3 cm³/mol. The van der Waals surface area contributed by atoms with Crippen molar-refractivity contribution >= 4 is 16.6 Å². The molecule has 1 aliphatic carbocycles. The Morgan fingerprint density at radius 1 is 1.31 bits per heavy atom. The number of fused-ring (bicyclic) bond motifs is 1. The van der Waals surface area contributed by atoms with Gasteiger partial charge in [0.25, 0.3) is 0 Å². The van der Waals surface area contributed by atoms with E-state index >= 15 is 0 Å². The Labute approximate surface area is 93.5 Å². The molecule has 0 aliphatic heterocycles. The van der Waals surface area contributed by atoms with Gasteiger partial charge in [-0.05, 0) is 30.9 Å². The van der Waals surface area contributed by atoms with E-state index in [2.05, 4.69) is 4.57 Å². The fourth-order valence-electron chi connectivity index (χ4n) is 2.10. The molecule has 2 N–H and O–H groups in total. The SMILES string of the molecule is Nc1cn(CC2CC2)c2ccccc2c1=O. The van der Waals surface area contributed by atoms with Crippen LogP contribution < -0.4 is 11.2 Å². The molecule has 82 valence electrons. The van der Waals surface area contributed by atoms with Crippen LogP contribution in [0.4, 0.5) is 5.69 Å². The largest absolute Gasteiger partial charge is 0.394 e. The van der Waals surface area contributed by atoms with Crippen molar-refractivity contribution in [3.8, 4) is 0 Å². The summed E-state index contributed by atoms with van der Waals surface area (Å²) in [5.74, 6) is 0.769. The van der Waals surface area contributed by atoms with Gasteiger partial charge < -0.3 is 10.3 Å². The summed E-state index contributed by atoms with van der Waals surface area (Å²) >= 11 is 0. The first-order chi connectivity index (χ1) is 7.75. The second-order valence-corrected chi connectivity index (χ2v) is 4.53. The van der Waals surface area contributed by atoms with E-state index in [1.165, 1.54) is 12.8 Å². The molecule has 1 fully saturated rings. The van der Waals surface area contributed by atoms with Gasteiger partial charge in [0.2, 0.25) is 5.43 Å². The average molecular weight is 214 g/mol. The lowest BCUT2D eigenvalue weighted by Gasteiger charge is -2.11. The molecule has 16 heavy (non-hydrogen) atoms. The number of benzene rings is 1. The Kier molecular flexibility index (Phi) is 1.99. The maximum absolute atomic E-state index is 11.8. The summed E-state index contributed by atoms with van der Waals surface area (Å²) in [5, 5.41) is 0.725. The van der Waals surface area contributed by atoms with Gasteiger partial charge in [-0.1, -0.05) is 12.1 Å². The topological polar surface area (TPSA) is 48.0 Å². The van der Waals surface area contributed by atoms with Crippen LogP contribution in [0.3, 0.4) is 0 Å². The van der Waals surface area contributed by atoms with Gasteiger partial charge in [0.15, 0.2) is 0 Å². The monoisotopic (exact) mass is 214 g/mol. The minimum absolute atomic E-state index is 0.0531. The number of para-hydroxylation sites is 1. The van der Waals surface area contributed by atoms with Crippen LogP contribution in [0.25, 0.3) is 10.9 Å². The van der Waals surface area contributed by atoms with Crippen molar-refractivity contribution in [1.82, 2.24) is 4.57 Å². The summed E-state index contributed by atoms with van der Waals surface area (Å²) in [7, 11) is 0. The van der Waals surface area contributed by atoms with E-state index < -0.39 is 0 Å². The van der Waals surface area contributed by atoms with E-state index in [9.17, 15) is 4.79 Å². The number of hydrogen-bond donors (Lipinski definition) is 1. The average Bonchev–Trinajstić information content (AvgIpc) is 3.10. The minimum atomic E-state index is -0.0531. The van der Waals surface area contributed by atoms with Crippen LogP contribution in [-0.4, -0.2) is 4.57 Å². The van der Waals surface area contributed by atoms with Crippen LogP contribution in [0.2, 0.25) is 0 Å². The van der Waals surface area contributed by atoms with Crippen LogP contribution in [0.15, 0.2) is 35.3 Å². The second-order valence-electron chi connectivity index (χ2n) is 4.53. The van der Waals surface area contributed by atoms with Gasteiger partial charge in [0, 0.05) is 18.1 Å². The Morgan fingerprint density at radius 3 is 2.81 bits per heavy atom. The van der Waals surface area contributed by atoms with Gasteiger partial charge in [-0.15, -0.1) is 0 Å². The molecule has 2 aromatic rings. The number of aromatic nitrogens is 1. The van der Waals surface area contributed by atoms with E-state index in [0.29, 0.717) is 5.69 Å². The molecular formula is C13H14N2O. The lowest BCUT2D eigenvalue weighted by atomic mass is 10.2. The zero-order chi connectivity index (χ0) is 11.1. The molecule has 0 atom stereocenters. The molecule has 0 saturated heterocycles. The fraction of sp³-hybridized carbons (Fsp3) is 0.308. The third kappa shape index (κ3) is 1.48. The highest BCUT2D eigenvalue weighted by Gasteiger charge is 2.22. The number of nitrogens with two attached hydrogens (primary N) is 1. The second kappa shape index (κ2) is 3.37. The molecule has 0 bridgehead atoms. The summed E-state index contributed by atoms with van der Waals surface area (Å²) in [6.07, 6.45) is 4.36. The maximum Gasteiger partial charge on any atom is 0.212 e. The lowest BCUT2D eigenvalue weighted by Crippen LogP contribution is -2.14. The third-order valence-electron chi connectivity index (χ3n) is 3.17. The van der Waals surface area contributed by atoms with Crippen molar-refractivity contribution in [3.63, 3.8) is 0 Å². The Morgan fingerprint density at radius 2 is 2.06 bits per heavy atom. The van der Waals surface area contributed by atoms with Gasteiger partial charge in [-0.3, -0.25) is 4.79 Å². The maximum atomic E-state index is 11.8. The number of anilines is 1. The fourth-order valence-corrected chi connectivity index (χ4v) is 2.10. The standard InChI is InChI=1S/C13H14N2O/c14-11-8-15(7-9-5-6-9)12-4-2-1-3-10(12)13(11)16/h1-4,8-9H,5-7,14H2. The number of pyridine rings is 1. The van der Waals surface area contributed by atoms with Crippen LogP contribution >= 0.6 is 0 Å². The number of hydrogen-bond acceptors (Lipinski definition) is 2. The number of nitrogen functional groups attached to an aromatic ring is 1.